The minimum Gasteiger partial charge on any atom is -0.493 e. The van der Waals surface area contributed by atoms with Crippen LogP contribution in [0.1, 0.15) is 17.3 Å². The van der Waals surface area contributed by atoms with Gasteiger partial charge in [0.25, 0.3) is 0 Å². The zero-order valence-corrected chi connectivity index (χ0v) is 12.6. The van der Waals surface area contributed by atoms with Crippen LogP contribution in [0.5, 0.6) is 11.5 Å². The first-order valence-electron chi connectivity index (χ1n) is 5.90. The van der Waals surface area contributed by atoms with E-state index in [1.54, 1.807) is 0 Å². The summed E-state index contributed by atoms with van der Waals surface area (Å²) in [6.45, 7) is 1.22. The third-order valence-corrected chi connectivity index (χ3v) is 3.96. The molecule has 0 saturated heterocycles. The zero-order valence-electron chi connectivity index (χ0n) is 11.8. The largest absolute Gasteiger partial charge is 0.493 e. The SMILES string of the molecule is COc1cc(S(=O)(=O)NC[C@@H](C)O)cc(C(=O)O)c1OC. The summed E-state index contributed by atoms with van der Waals surface area (Å²) >= 11 is 0. The number of carboxylic acid groups (broad SMARTS) is 1. The van der Waals surface area contributed by atoms with Crippen molar-refractivity contribution in [3.63, 3.8) is 0 Å². The number of ether oxygens (including phenoxy) is 2. The highest BCUT2D eigenvalue weighted by Crippen LogP contribution is 2.34. The fourth-order valence-electron chi connectivity index (χ4n) is 1.57. The lowest BCUT2D eigenvalue weighted by atomic mass is 10.2. The Labute approximate surface area is 122 Å². The number of aliphatic hydroxyl groups excluding tert-OH is 1. The predicted octanol–water partition coefficient (Wildman–Crippen LogP) is 0.0611. The van der Waals surface area contributed by atoms with Crippen molar-refractivity contribution < 1.29 is 32.9 Å². The molecule has 118 valence electrons. The molecule has 8 nitrogen and oxygen atoms in total. The number of hydrogen-bond acceptors (Lipinski definition) is 6. The zero-order chi connectivity index (χ0) is 16.2. The van der Waals surface area contributed by atoms with Gasteiger partial charge in [-0.2, -0.15) is 0 Å². The second-order valence-electron chi connectivity index (χ2n) is 4.21. The molecule has 0 aliphatic rings. The second kappa shape index (κ2) is 6.74. The van der Waals surface area contributed by atoms with E-state index in [1.165, 1.54) is 21.1 Å². The van der Waals surface area contributed by atoms with Gasteiger partial charge >= 0.3 is 5.97 Å². The number of aliphatic hydroxyl groups is 1. The van der Waals surface area contributed by atoms with Crippen LogP contribution in [0.3, 0.4) is 0 Å². The molecular formula is C12H17NO7S. The van der Waals surface area contributed by atoms with Crippen molar-refractivity contribution >= 4 is 16.0 Å². The molecule has 9 heteroatoms. The van der Waals surface area contributed by atoms with Gasteiger partial charge in [-0.25, -0.2) is 17.9 Å². The van der Waals surface area contributed by atoms with Gasteiger partial charge in [-0.1, -0.05) is 0 Å². The number of benzene rings is 1. The highest BCUT2D eigenvalue weighted by atomic mass is 32.2. The van der Waals surface area contributed by atoms with E-state index >= 15 is 0 Å². The molecule has 0 unspecified atom stereocenters. The number of sulfonamides is 1. The van der Waals surface area contributed by atoms with Crippen molar-refractivity contribution in [2.75, 3.05) is 20.8 Å². The fourth-order valence-corrected chi connectivity index (χ4v) is 2.73. The summed E-state index contributed by atoms with van der Waals surface area (Å²) in [6.07, 6.45) is -0.876. The van der Waals surface area contributed by atoms with Crippen molar-refractivity contribution in [2.24, 2.45) is 0 Å². The first-order chi connectivity index (χ1) is 9.72. The van der Waals surface area contributed by atoms with Crippen molar-refractivity contribution in [3.8, 4) is 11.5 Å². The van der Waals surface area contributed by atoms with Crippen LogP contribution in [0.15, 0.2) is 17.0 Å². The molecule has 0 heterocycles. The Morgan fingerprint density at radius 1 is 1.33 bits per heavy atom. The summed E-state index contributed by atoms with van der Waals surface area (Å²) in [4.78, 5) is 10.9. The number of carbonyl (C=O) groups is 1. The fraction of sp³-hybridized carbons (Fsp3) is 0.417. The Bertz CT molecular complexity index is 625. The van der Waals surface area contributed by atoms with Crippen molar-refractivity contribution in [1.29, 1.82) is 0 Å². The number of aromatic carboxylic acids is 1. The maximum absolute atomic E-state index is 12.1. The molecule has 0 amide bonds. The van der Waals surface area contributed by atoms with Crippen LogP contribution in [0.2, 0.25) is 0 Å². The van der Waals surface area contributed by atoms with Gasteiger partial charge < -0.3 is 19.7 Å². The molecule has 1 aromatic carbocycles. The molecule has 21 heavy (non-hydrogen) atoms. The minimum absolute atomic E-state index is 0.0187. The van der Waals surface area contributed by atoms with Crippen LogP contribution in [-0.4, -0.2) is 51.5 Å². The van der Waals surface area contributed by atoms with Crippen molar-refractivity contribution in [3.05, 3.63) is 17.7 Å². The van der Waals surface area contributed by atoms with Gasteiger partial charge in [0.2, 0.25) is 10.0 Å². The van der Waals surface area contributed by atoms with E-state index in [9.17, 15) is 13.2 Å². The van der Waals surface area contributed by atoms with E-state index in [-0.39, 0.29) is 28.5 Å². The first kappa shape index (κ1) is 17.2. The lowest BCUT2D eigenvalue weighted by Gasteiger charge is -2.14. The van der Waals surface area contributed by atoms with Gasteiger partial charge in [-0.15, -0.1) is 0 Å². The lowest BCUT2D eigenvalue weighted by molar-refractivity contribution is 0.0692. The summed E-state index contributed by atoms with van der Waals surface area (Å²) in [7, 11) is -1.46. The molecule has 0 fully saturated rings. The first-order valence-corrected chi connectivity index (χ1v) is 7.38. The lowest BCUT2D eigenvalue weighted by Crippen LogP contribution is -2.30. The summed E-state index contributed by atoms with van der Waals surface area (Å²) in [5.74, 6) is -1.44. The van der Waals surface area contributed by atoms with Crippen LogP contribution < -0.4 is 14.2 Å². The van der Waals surface area contributed by atoms with E-state index in [4.69, 9.17) is 19.7 Å². The quantitative estimate of drug-likeness (QED) is 0.649. The van der Waals surface area contributed by atoms with E-state index in [2.05, 4.69) is 4.72 Å². The Balaban J connectivity index is 3.38. The molecular weight excluding hydrogens is 302 g/mol. The molecule has 1 atom stereocenters. The molecule has 0 spiro atoms. The minimum atomic E-state index is -3.98. The molecule has 3 N–H and O–H groups in total. The Morgan fingerprint density at radius 3 is 2.38 bits per heavy atom. The van der Waals surface area contributed by atoms with E-state index in [1.807, 2.05) is 0 Å². The second-order valence-corrected chi connectivity index (χ2v) is 5.98. The predicted molar refractivity (Wildman–Crippen MR) is 73.4 cm³/mol. The maximum atomic E-state index is 12.1. The van der Waals surface area contributed by atoms with Gasteiger partial charge in [0.05, 0.1) is 25.2 Å². The molecule has 1 aromatic rings. The van der Waals surface area contributed by atoms with Crippen molar-refractivity contribution in [1.82, 2.24) is 4.72 Å². The van der Waals surface area contributed by atoms with Crippen LogP contribution in [0.4, 0.5) is 0 Å². The van der Waals surface area contributed by atoms with Gasteiger partial charge in [0.1, 0.15) is 5.56 Å². The third kappa shape index (κ3) is 4.06. The summed E-state index contributed by atoms with van der Waals surface area (Å²) in [6, 6.07) is 2.11. The molecule has 1 rings (SSSR count). The van der Waals surface area contributed by atoms with E-state index < -0.39 is 22.1 Å². The van der Waals surface area contributed by atoms with Crippen LogP contribution in [-0.2, 0) is 10.0 Å². The molecule has 0 aromatic heterocycles. The average Bonchev–Trinajstić information content (AvgIpc) is 2.43. The highest BCUT2D eigenvalue weighted by molar-refractivity contribution is 7.89. The molecule has 0 bridgehead atoms. The van der Waals surface area contributed by atoms with Crippen molar-refractivity contribution in [2.45, 2.75) is 17.9 Å². The number of hydrogen-bond donors (Lipinski definition) is 3. The summed E-state index contributed by atoms with van der Waals surface area (Å²) in [5, 5.41) is 18.3. The number of methoxy groups -OCH3 is 2. The topological polar surface area (TPSA) is 122 Å². The molecule has 0 radical (unpaired) electrons. The monoisotopic (exact) mass is 319 g/mol. The molecule has 0 aliphatic carbocycles. The van der Waals surface area contributed by atoms with Gasteiger partial charge in [-0.05, 0) is 13.0 Å². The molecule has 0 saturated carbocycles. The maximum Gasteiger partial charge on any atom is 0.339 e. The van der Waals surface area contributed by atoms with E-state index in [0.717, 1.165) is 12.1 Å². The Hall–Kier alpha value is -1.84. The summed E-state index contributed by atoms with van der Waals surface area (Å²) in [5.41, 5.74) is -0.339. The van der Waals surface area contributed by atoms with Gasteiger partial charge in [0.15, 0.2) is 11.5 Å². The Kier molecular flexibility index (Phi) is 5.53. The number of nitrogens with one attached hydrogen (secondary N) is 1. The Morgan fingerprint density at radius 2 is 1.95 bits per heavy atom. The third-order valence-electron chi connectivity index (χ3n) is 2.56. The smallest absolute Gasteiger partial charge is 0.339 e. The van der Waals surface area contributed by atoms with Crippen LogP contribution in [0, 0.1) is 0 Å². The van der Waals surface area contributed by atoms with Crippen LogP contribution >= 0.6 is 0 Å². The standard InChI is InChI=1S/C12H17NO7S/c1-7(14)6-13-21(17,18)8-4-9(12(15)16)11(20-3)10(5-8)19-2/h4-5,7,13-14H,6H2,1-3H3,(H,15,16)/t7-/m1/s1. The number of rotatable bonds is 7. The van der Waals surface area contributed by atoms with Gasteiger partial charge in [-0.3, -0.25) is 0 Å². The highest BCUT2D eigenvalue weighted by Gasteiger charge is 2.23. The van der Waals surface area contributed by atoms with E-state index in [0.29, 0.717) is 0 Å². The number of carboxylic acids is 1. The average molecular weight is 319 g/mol. The summed E-state index contributed by atoms with van der Waals surface area (Å²) < 4.78 is 36.2. The molecule has 0 aliphatic heterocycles. The van der Waals surface area contributed by atoms with Gasteiger partial charge in [0, 0.05) is 12.6 Å². The normalized spacial score (nSPS) is 12.8. The van der Waals surface area contributed by atoms with Crippen LogP contribution in [0.25, 0.3) is 0 Å².